The molecule has 64 heavy (non-hydrogen) atoms. The van der Waals surface area contributed by atoms with Crippen molar-refractivity contribution in [2.24, 2.45) is 5.73 Å². The molecule has 0 aliphatic carbocycles. The van der Waals surface area contributed by atoms with Crippen molar-refractivity contribution in [3.05, 3.63) is 129 Å². The number of morpholine rings is 2. The number of carbonyl (C=O) groups excluding carboxylic acids is 2. The molecule has 0 radical (unpaired) electrons. The van der Waals surface area contributed by atoms with Gasteiger partial charge in [0.05, 0.1) is 91.7 Å². The molecule has 0 unspecified atom stereocenters. The number of hydrogen-bond donors (Lipinski definition) is 1. The van der Waals surface area contributed by atoms with Gasteiger partial charge in [-0.1, -0.05) is 59.6 Å². The Hall–Kier alpha value is -4.24. The van der Waals surface area contributed by atoms with Gasteiger partial charge in [-0.05, 0) is 85.6 Å². The molecular weight excluding hydrogens is 916 g/mol. The molecule has 6 rings (SSSR count). The molecule has 4 aromatic carbocycles. The smallest absolute Gasteiger partial charge is 0.337 e. The van der Waals surface area contributed by atoms with Crippen molar-refractivity contribution in [2.45, 2.75) is 25.9 Å². The lowest BCUT2D eigenvalue weighted by atomic mass is 10.1. The van der Waals surface area contributed by atoms with E-state index in [0.717, 1.165) is 38.3 Å². The zero-order valence-electron chi connectivity index (χ0n) is 35.5. The highest BCUT2D eigenvalue weighted by molar-refractivity contribution is 7.93. The summed E-state index contributed by atoms with van der Waals surface area (Å²) in [7, 11) is -6.17. The lowest BCUT2D eigenvalue weighted by molar-refractivity contribution is 0.0380. The number of carbonyl (C=O) groups is 2. The fourth-order valence-electron chi connectivity index (χ4n) is 6.90. The van der Waals surface area contributed by atoms with Crippen LogP contribution in [0.2, 0.25) is 10.0 Å². The van der Waals surface area contributed by atoms with E-state index in [2.05, 4.69) is 9.80 Å². The normalized spacial score (nSPS) is 14.9. The summed E-state index contributed by atoms with van der Waals surface area (Å²) in [5.74, 6) is -2.06. The zero-order chi connectivity index (χ0) is 46.3. The molecular formula is C44H53Cl2F2N5O9S2. The predicted molar refractivity (Wildman–Crippen MR) is 244 cm³/mol. The third-order valence-electron chi connectivity index (χ3n) is 10.5. The van der Waals surface area contributed by atoms with Crippen molar-refractivity contribution in [1.82, 2.24) is 9.80 Å². The molecule has 348 valence electrons. The van der Waals surface area contributed by atoms with Crippen molar-refractivity contribution in [1.29, 1.82) is 0 Å². The van der Waals surface area contributed by atoms with Gasteiger partial charge in [0.25, 0.3) is 0 Å². The van der Waals surface area contributed by atoms with Crippen LogP contribution in [0, 0.1) is 11.6 Å². The summed E-state index contributed by atoms with van der Waals surface area (Å²) in [6.07, 6.45) is 0.909. The first kappa shape index (κ1) is 50.8. The van der Waals surface area contributed by atoms with E-state index in [1.54, 1.807) is 48.5 Å². The maximum absolute atomic E-state index is 13.7. The maximum atomic E-state index is 13.7. The average molecular weight is 969 g/mol. The number of benzene rings is 4. The number of hydrogen-bond acceptors (Lipinski definition) is 12. The predicted octanol–water partition coefficient (Wildman–Crippen LogP) is 6.00. The average Bonchev–Trinajstić information content (AvgIpc) is 3.30. The zero-order valence-corrected chi connectivity index (χ0v) is 38.6. The van der Waals surface area contributed by atoms with Crippen molar-refractivity contribution in [2.75, 3.05) is 99.5 Å². The van der Waals surface area contributed by atoms with Crippen LogP contribution in [-0.2, 0) is 47.3 Å². The number of anilines is 2. The molecule has 0 amide bonds. The molecule has 4 aromatic rings. The van der Waals surface area contributed by atoms with Gasteiger partial charge < -0.3 is 19.9 Å². The van der Waals surface area contributed by atoms with E-state index in [1.807, 2.05) is 0 Å². The molecule has 2 fully saturated rings. The minimum atomic E-state index is -3.73. The minimum Gasteiger partial charge on any atom is -0.465 e. The highest BCUT2D eigenvalue weighted by atomic mass is 35.5. The van der Waals surface area contributed by atoms with E-state index in [1.165, 1.54) is 40.0 Å². The monoisotopic (exact) mass is 967 g/mol. The first-order valence-corrected chi connectivity index (χ1v) is 24.6. The summed E-state index contributed by atoms with van der Waals surface area (Å²) >= 11 is 11.8. The Balaban J connectivity index is 0.000000241. The number of halogens is 4. The second kappa shape index (κ2) is 24.3. The molecule has 2 aliphatic rings. The Bertz CT molecular complexity index is 2220. The van der Waals surface area contributed by atoms with Crippen LogP contribution in [-0.4, -0.2) is 129 Å². The molecule has 0 aromatic heterocycles. The number of ketones is 1. The number of ether oxygens (including phenoxy) is 3. The second-order valence-electron chi connectivity index (χ2n) is 15.0. The van der Waals surface area contributed by atoms with Crippen LogP contribution in [0.5, 0.6) is 0 Å². The van der Waals surface area contributed by atoms with Gasteiger partial charge >= 0.3 is 5.97 Å². The molecule has 2 heterocycles. The summed E-state index contributed by atoms with van der Waals surface area (Å²) in [6, 6.07) is 20.8. The molecule has 0 spiro atoms. The summed E-state index contributed by atoms with van der Waals surface area (Å²) in [6.45, 7) is 6.96. The number of esters is 1. The third-order valence-corrected chi connectivity index (χ3v) is 14.7. The lowest BCUT2D eigenvalue weighted by Gasteiger charge is -2.28. The third kappa shape index (κ3) is 14.9. The summed E-state index contributed by atoms with van der Waals surface area (Å²) in [5.41, 5.74) is 8.11. The maximum Gasteiger partial charge on any atom is 0.337 e. The van der Waals surface area contributed by atoms with E-state index in [-0.39, 0.29) is 58.3 Å². The van der Waals surface area contributed by atoms with Gasteiger partial charge in [-0.3, -0.25) is 23.2 Å². The van der Waals surface area contributed by atoms with Crippen LogP contribution in [0.25, 0.3) is 0 Å². The number of nitrogens with zero attached hydrogens (tertiary/aromatic N) is 4. The van der Waals surface area contributed by atoms with Gasteiger partial charge in [-0.15, -0.1) is 0 Å². The van der Waals surface area contributed by atoms with Gasteiger partial charge in [-0.25, -0.2) is 30.4 Å². The Morgan fingerprint density at radius 3 is 1.41 bits per heavy atom. The Morgan fingerprint density at radius 2 is 1.05 bits per heavy atom. The number of methoxy groups -OCH3 is 1. The standard InChI is InChI=1S/C22H27ClFN3O4S.C22H26ClFN2O5S/c23-20-14-19(6-7-21(20)24)27(16-17-2-4-18(5-3-17)22(28)15-25)32(29,30)13-1-8-26-9-11-31-12-10-26;1-30-22(27)18-5-3-17(4-6-18)16-26(19-7-8-21(24)20(23)15-19)32(28,29)14-2-9-25-10-12-31-13-11-25/h2-7,14H,1,8-13,15-16,25H2;3-8,15H,2,9-14,16H2,1H3. The highest BCUT2D eigenvalue weighted by Crippen LogP contribution is 2.29. The van der Waals surface area contributed by atoms with Crippen LogP contribution >= 0.6 is 23.2 Å². The van der Waals surface area contributed by atoms with Crippen LogP contribution < -0.4 is 14.3 Å². The molecule has 0 saturated carbocycles. The number of nitrogens with two attached hydrogens (primary N) is 1. The Labute approximate surface area is 383 Å². The fourth-order valence-corrected chi connectivity index (χ4v) is 10.2. The van der Waals surface area contributed by atoms with E-state index >= 15 is 0 Å². The largest absolute Gasteiger partial charge is 0.465 e. The van der Waals surface area contributed by atoms with Gasteiger partial charge in [0.15, 0.2) is 5.78 Å². The Kier molecular flexibility index (Phi) is 19.3. The molecule has 20 heteroatoms. The number of sulfonamides is 2. The molecule has 2 N–H and O–H groups in total. The van der Waals surface area contributed by atoms with Gasteiger partial charge in [0, 0.05) is 31.7 Å². The van der Waals surface area contributed by atoms with Gasteiger partial charge in [0.2, 0.25) is 20.0 Å². The number of rotatable bonds is 19. The topological polar surface area (TPSA) is 169 Å². The quantitative estimate of drug-likeness (QED) is 0.0861. The summed E-state index contributed by atoms with van der Waals surface area (Å²) in [5, 5.41) is -0.308. The second-order valence-corrected chi connectivity index (χ2v) is 19.8. The van der Waals surface area contributed by atoms with E-state index in [9.17, 15) is 35.2 Å². The summed E-state index contributed by atoms with van der Waals surface area (Å²) in [4.78, 5) is 27.8. The SMILES string of the molecule is COC(=O)c1ccc(CN(c2ccc(F)c(Cl)c2)S(=O)(=O)CCCN2CCOCC2)cc1.NCC(=O)c1ccc(CN(c2ccc(F)c(Cl)c2)S(=O)(=O)CCCN2CCOCC2)cc1. The van der Waals surface area contributed by atoms with Crippen LogP contribution in [0.4, 0.5) is 20.2 Å². The molecule has 2 aliphatic heterocycles. The molecule has 14 nitrogen and oxygen atoms in total. The van der Waals surface area contributed by atoms with Crippen molar-refractivity contribution >= 4 is 66.4 Å². The van der Waals surface area contributed by atoms with E-state index in [4.69, 9.17) is 43.1 Å². The highest BCUT2D eigenvalue weighted by Gasteiger charge is 2.26. The first-order chi connectivity index (χ1) is 30.6. The van der Waals surface area contributed by atoms with Crippen molar-refractivity contribution < 1.29 is 49.4 Å². The lowest BCUT2D eigenvalue weighted by Crippen LogP contribution is -2.38. The van der Waals surface area contributed by atoms with Gasteiger partial charge in [-0.2, -0.15) is 0 Å². The van der Waals surface area contributed by atoms with E-state index in [0.29, 0.717) is 74.6 Å². The van der Waals surface area contributed by atoms with Crippen LogP contribution in [0.1, 0.15) is 44.7 Å². The molecule has 0 atom stereocenters. The van der Waals surface area contributed by atoms with Crippen molar-refractivity contribution in [3.8, 4) is 0 Å². The minimum absolute atomic E-state index is 0.0172. The van der Waals surface area contributed by atoms with Crippen molar-refractivity contribution in [3.63, 3.8) is 0 Å². The fraction of sp³-hybridized carbons (Fsp3) is 0.409. The van der Waals surface area contributed by atoms with Crippen LogP contribution in [0.3, 0.4) is 0 Å². The Morgan fingerprint density at radius 1 is 0.656 bits per heavy atom. The van der Waals surface area contributed by atoms with Gasteiger partial charge in [0.1, 0.15) is 11.6 Å². The summed E-state index contributed by atoms with van der Waals surface area (Å²) < 4.78 is 98.2. The molecule has 2 saturated heterocycles. The molecule has 0 bridgehead atoms. The number of Topliss-reactive ketones (excluding diaryl/α,β-unsaturated/α-hetero) is 1. The van der Waals surface area contributed by atoms with Crippen LogP contribution in [0.15, 0.2) is 84.9 Å². The first-order valence-electron chi connectivity index (χ1n) is 20.6. The van der Waals surface area contributed by atoms with E-state index < -0.39 is 37.7 Å².